The van der Waals surface area contributed by atoms with Crippen LogP contribution in [0.2, 0.25) is 0 Å². The molecule has 1 atom stereocenters. The van der Waals surface area contributed by atoms with Crippen molar-refractivity contribution in [1.82, 2.24) is 4.57 Å². The van der Waals surface area contributed by atoms with Crippen LogP contribution >= 0.6 is 10.7 Å². The average molecular weight is 324 g/mol. The predicted molar refractivity (Wildman–Crippen MR) is 74.6 cm³/mol. The maximum Gasteiger partial charge on any atom is 0.355 e. The molecule has 1 heterocycles. The number of nitrogens with zero attached hydrogens (tertiary/aromatic N) is 1. The molecule has 1 unspecified atom stereocenters. The molecule has 0 radical (unpaired) electrons. The average Bonchev–Trinajstić information content (AvgIpc) is 2.73. The van der Waals surface area contributed by atoms with Crippen molar-refractivity contribution in [3.05, 3.63) is 18.0 Å². The van der Waals surface area contributed by atoms with E-state index in [0.717, 1.165) is 0 Å². The summed E-state index contributed by atoms with van der Waals surface area (Å²) in [5.41, 5.74) is 0.141. The van der Waals surface area contributed by atoms with Gasteiger partial charge in [0.2, 0.25) is 0 Å². The standard InChI is InChI=1S/C12H18ClNO5S/c1-8(2)14-6-10(20(13,16)17)5-11(14)12(15)19-9(3)7-18-4/h5-6,8-9H,7H2,1-4H3. The summed E-state index contributed by atoms with van der Waals surface area (Å²) < 4.78 is 34.3. The van der Waals surface area contributed by atoms with E-state index in [2.05, 4.69) is 0 Å². The smallest absolute Gasteiger partial charge is 0.355 e. The van der Waals surface area contributed by atoms with E-state index in [-0.39, 0.29) is 23.2 Å². The highest BCUT2D eigenvalue weighted by atomic mass is 35.7. The molecule has 0 amide bonds. The molecule has 0 spiro atoms. The normalized spacial score (nSPS) is 13.5. The number of carbonyl (C=O) groups is 1. The summed E-state index contributed by atoms with van der Waals surface area (Å²) in [6.45, 7) is 5.58. The summed E-state index contributed by atoms with van der Waals surface area (Å²) >= 11 is 0. The third kappa shape index (κ3) is 4.22. The van der Waals surface area contributed by atoms with E-state index in [0.29, 0.717) is 0 Å². The number of hydrogen-bond donors (Lipinski definition) is 0. The zero-order valence-electron chi connectivity index (χ0n) is 11.8. The monoisotopic (exact) mass is 323 g/mol. The molecule has 114 valence electrons. The van der Waals surface area contributed by atoms with Gasteiger partial charge in [-0.1, -0.05) is 0 Å². The predicted octanol–water partition coefficient (Wildman–Crippen LogP) is 2.19. The molecular formula is C12H18ClNO5S. The van der Waals surface area contributed by atoms with Gasteiger partial charge in [0, 0.05) is 30.0 Å². The van der Waals surface area contributed by atoms with Gasteiger partial charge in [0.25, 0.3) is 9.05 Å². The summed E-state index contributed by atoms with van der Waals surface area (Å²) in [4.78, 5) is 11.9. The van der Waals surface area contributed by atoms with Gasteiger partial charge in [0.1, 0.15) is 16.7 Å². The fourth-order valence-electron chi connectivity index (χ4n) is 1.69. The molecule has 1 aromatic rings. The molecule has 1 rings (SSSR count). The quantitative estimate of drug-likeness (QED) is 0.592. The van der Waals surface area contributed by atoms with Gasteiger partial charge < -0.3 is 14.0 Å². The van der Waals surface area contributed by atoms with E-state index >= 15 is 0 Å². The number of halogens is 1. The Labute approximate surface area is 123 Å². The zero-order chi connectivity index (χ0) is 15.5. The topological polar surface area (TPSA) is 74.6 Å². The Morgan fingerprint density at radius 1 is 1.40 bits per heavy atom. The van der Waals surface area contributed by atoms with Crippen LogP contribution in [0.4, 0.5) is 0 Å². The largest absolute Gasteiger partial charge is 0.456 e. The number of hydrogen-bond acceptors (Lipinski definition) is 5. The minimum Gasteiger partial charge on any atom is -0.456 e. The van der Waals surface area contributed by atoms with Crippen molar-refractivity contribution in [3.8, 4) is 0 Å². The highest BCUT2D eigenvalue weighted by Crippen LogP contribution is 2.22. The lowest BCUT2D eigenvalue weighted by Crippen LogP contribution is -2.22. The first-order valence-electron chi connectivity index (χ1n) is 6.03. The van der Waals surface area contributed by atoms with Crippen molar-refractivity contribution < 1.29 is 22.7 Å². The summed E-state index contributed by atoms with van der Waals surface area (Å²) in [7, 11) is 2.90. The number of ether oxygens (including phenoxy) is 2. The molecule has 8 heteroatoms. The highest BCUT2D eigenvalue weighted by molar-refractivity contribution is 8.13. The van der Waals surface area contributed by atoms with Crippen LogP contribution in [0.5, 0.6) is 0 Å². The Hall–Kier alpha value is -1.05. The second kappa shape index (κ2) is 6.60. The molecule has 1 aromatic heterocycles. The fourth-order valence-corrected chi connectivity index (χ4v) is 2.43. The Morgan fingerprint density at radius 2 is 2.00 bits per heavy atom. The van der Waals surface area contributed by atoms with Gasteiger partial charge in [-0.05, 0) is 26.8 Å². The summed E-state index contributed by atoms with van der Waals surface area (Å²) in [5, 5.41) is 0. The van der Waals surface area contributed by atoms with Crippen LogP contribution in [0.25, 0.3) is 0 Å². The third-order valence-electron chi connectivity index (χ3n) is 2.58. The number of esters is 1. The van der Waals surface area contributed by atoms with Crippen LogP contribution in [0.3, 0.4) is 0 Å². The van der Waals surface area contributed by atoms with E-state index in [1.54, 1.807) is 6.92 Å². The van der Waals surface area contributed by atoms with Crippen molar-refractivity contribution >= 4 is 25.7 Å². The van der Waals surface area contributed by atoms with Gasteiger partial charge in [0.05, 0.1) is 6.61 Å². The zero-order valence-corrected chi connectivity index (χ0v) is 13.4. The molecule has 6 nitrogen and oxygen atoms in total. The van der Waals surface area contributed by atoms with E-state index in [9.17, 15) is 13.2 Å². The number of aromatic nitrogens is 1. The van der Waals surface area contributed by atoms with Gasteiger partial charge in [-0.25, -0.2) is 13.2 Å². The third-order valence-corrected chi connectivity index (χ3v) is 3.90. The van der Waals surface area contributed by atoms with Gasteiger partial charge in [0.15, 0.2) is 0 Å². The van der Waals surface area contributed by atoms with Crippen LogP contribution in [-0.2, 0) is 18.5 Å². The molecule has 0 aliphatic heterocycles. The maximum atomic E-state index is 12.1. The SMILES string of the molecule is COCC(C)OC(=O)c1cc(S(=O)(=O)Cl)cn1C(C)C. The fraction of sp³-hybridized carbons (Fsp3) is 0.583. The number of methoxy groups -OCH3 is 1. The minimum atomic E-state index is -3.89. The van der Waals surface area contributed by atoms with E-state index in [1.807, 2.05) is 13.8 Å². The molecule has 20 heavy (non-hydrogen) atoms. The van der Waals surface area contributed by atoms with E-state index < -0.39 is 21.1 Å². The molecular weight excluding hydrogens is 306 g/mol. The van der Waals surface area contributed by atoms with Crippen molar-refractivity contribution in [2.45, 2.75) is 37.8 Å². The van der Waals surface area contributed by atoms with Crippen LogP contribution in [-0.4, -0.2) is 38.8 Å². The lowest BCUT2D eigenvalue weighted by Gasteiger charge is -2.15. The van der Waals surface area contributed by atoms with Gasteiger partial charge in [-0.2, -0.15) is 0 Å². The van der Waals surface area contributed by atoms with Crippen molar-refractivity contribution in [3.63, 3.8) is 0 Å². The lowest BCUT2D eigenvalue weighted by molar-refractivity contribution is 0.0108. The Balaban J connectivity index is 3.10. The summed E-state index contributed by atoms with van der Waals surface area (Å²) in [6, 6.07) is 1.10. The second-order valence-electron chi connectivity index (χ2n) is 4.67. The Bertz CT molecular complexity index is 579. The van der Waals surface area contributed by atoms with Crippen LogP contribution in [0.1, 0.15) is 37.3 Å². The molecule has 0 saturated heterocycles. The van der Waals surface area contributed by atoms with Crippen LogP contribution < -0.4 is 0 Å². The highest BCUT2D eigenvalue weighted by Gasteiger charge is 2.23. The molecule has 0 aromatic carbocycles. The van der Waals surface area contributed by atoms with Gasteiger partial charge >= 0.3 is 5.97 Å². The first-order valence-corrected chi connectivity index (χ1v) is 8.34. The van der Waals surface area contributed by atoms with Crippen LogP contribution in [0.15, 0.2) is 17.2 Å². The lowest BCUT2D eigenvalue weighted by atomic mass is 10.3. The first kappa shape index (κ1) is 17.0. The molecule has 0 aliphatic rings. The van der Waals surface area contributed by atoms with E-state index in [4.69, 9.17) is 20.2 Å². The maximum absolute atomic E-state index is 12.1. The molecule has 0 fully saturated rings. The minimum absolute atomic E-state index is 0.109. The Kier molecular flexibility index (Phi) is 5.61. The first-order chi connectivity index (χ1) is 9.16. The molecule has 0 bridgehead atoms. The van der Waals surface area contributed by atoms with E-state index in [1.165, 1.54) is 23.9 Å². The molecule has 0 saturated carbocycles. The van der Waals surface area contributed by atoms with Crippen LogP contribution in [0, 0.1) is 0 Å². The summed E-state index contributed by atoms with van der Waals surface area (Å²) in [5.74, 6) is -0.616. The van der Waals surface area contributed by atoms with Crippen molar-refractivity contribution in [1.29, 1.82) is 0 Å². The van der Waals surface area contributed by atoms with Crippen molar-refractivity contribution in [2.75, 3.05) is 13.7 Å². The summed E-state index contributed by atoms with van der Waals surface area (Å²) in [6.07, 6.45) is 0.893. The molecule has 0 N–H and O–H groups in total. The number of carbonyl (C=O) groups excluding carboxylic acids is 1. The molecule has 0 aliphatic carbocycles. The number of rotatable bonds is 6. The van der Waals surface area contributed by atoms with Gasteiger partial charge in [-0.15, -0.1) is 0 Å². The Morgan fingerprint density at radius 3 is 2.45 bits per heavy atom. The van der Waals surface area contributed by atoms with Gasteiger partial charge in [-0.3, -0.25) is 0 Å². The van der Waals surface area contributed by atoms with Crippen molar-refractivity contribution in [2.24, 2.45) is 0 Å². The second-order valence-corrected chi connectivity index (χ2v) is 7.24.